The van der Waals surface area contributed by atoms with Gasteiger partial charge in [0.05, 0.1) is 5.02 Å². The van der Waals surface area contributed by atoms with Crippen LogP contribution in [0, 0.1) is 5.82 Å². The van der Waals surface area contributed by atoms with Crippen molar-refractivity contribution >= 4 is 29.0 Å². The van der Waals surface area contributed by atoms with Crippen molar-refractivity contribution in [1.29, 1.82) is 0 Å². The average Bonchev–Trinajstić information content (AvgIpc) is 2.69. The highest BCUT2D eigenvalue weighted by Crippen LogP contribution is 2.22. The van der Waals surface area contributed by atoms with Crippen molar-refractivity contribution in [1.82, 2.24) is 19.9 Å². The van der Waals surface area contributed by atoms with Gasteiger partial charge in [-0.15, -0.1) is 0 Å². The summed E-state index contributed by atoms with van der Waals surface area (Å²) >= 11 is 5.78. The second-order valence-electron chi connectivity index (χ2n) is 5.87. The molecule has 0 bridgehead atoms. The van der Waals surface area contributed by atoms with Crippen LogP contribution >= 0.6 is 11.6 Å². The van der Waals surface area contributed by atoms with E-state index in [-0.39, 0.29) is 16.6 Å². The highest BCUT2D eigenvalue weighted by atomic mass is 35.5. The number of likely N-dealkylation sites (N-methyl/N-ethyl adjacent to an activating group) is 1. The minimum absolute atomic E-state index is 0.00111. The number of carbonyl (C=O) groups excluding carboxylic acids is 1. The van der Waals surface area contributed by atoms with Gasteiger partial charge in [0, 0.05) is 37.7 Å². The van der Waals surface area contributed by atoms with E-state index in [9.17, 15) is 9.18 Å². The van der Waals surface area contributed by atoms with Crippen LogP contribution in [0.3, 0.4) is 0 Å². The minimum atomic E-state index is -0.503. The van der Waals surface area contributed by atoms with Gasteiger partial charge >= 0.3 is 0 Å². The zero-order valence-electron chi connectivity index (χ0n) is 14.6. The topological polar surface area (TPSA) is 71.0 Å². The third-order valence-corrected chi connectivity index (χ3v) is 4.20. The predicted octanol–water partition coefficient (Wildman–Crippen LogP) is 3.72. The fourth-order valence-corrected chi connectivity index (χ4v) is 2.59. The van der Waals surface area contributed by atoms with Gasteiger partial charge in [0.25, 0.3) is 5.91 Å². The van der Waals surface area contributed by atoms with Crippen LogP contribution in [-0.2, 0) is 6.42 Å². The number of aromatic nitrogens is 3. The molecule has 0 saturated heterocycles. The molecule has 138 valence electrons. The van der Waals surface area contributed by atoms with Crippen LogP contribution < -0.4 is 5.32 Å². The van der Waals surface area contributed by atoms with Gasteiger partial charge < -0.3 is 10.2 Å². The Morgan fingerprint density at radius 2 is 1.96 bits per heavy atom. The van der Waals surface area contributed by atoms with Gasteiger partial charge in [0.1, 0.15) is 23.7 Å². The van der Waals surface area contributed by atoms with Crippen LogP contribution in [0.5, 0.6) is 0 Å². The zero-order chi connectivity index (χ0) is 19.2. The molecule has 0 saturated carbocycles. The van der Waals surface area contributed by atoms with Crippen LogP contribution in [0.4, 0.5) is 15.9 Å². The SMILES string of the molecule is CN(CCc1ccncc1)C(=O)c1cc(Nc2ccc(F)c(Cl)c2)ncn1. The van der Waals surface area contributed by atoms with E-state index in [0.717, 1.165) is 12.0 Å². The number of benzene rings is 1. The van der Waals surface area contributed by atoms with Crippen molar-refractivity contribution in [2.75, 3.05) is 18.9 Å². The molecule has 0 unspecified atom stereocenters. The maximum absolute atomic E-state index is 13.3. The van der Waals surface area contributed by atoms with Crippen LogP contribution in [0.25, 0.3) is 0 Å². The molecule has 6 nitrogen and oxygen atoms in total. The number of nitrogens with one attached hydrogen (secondary N) is 1. The monoisotopic (exact) mass is 385 g/mol. The molecule has 0 atom stereocenters. The summed E-state index contributed by atoms with van der Waals surface area (Å²) in [7, 11) is 1.72. The fourth-order valence-electron chi connectivity index (χ4n) is 2.41. The van der Waals surface area contributed by atoms with Gasteiger partial charge in [0.15, 0.2) is 0 Å². The molecule has 3 aromatic rings. The Morgan fingerprint density at radius 3 is 2.70 bits per heavy atom. The summed E-state index contributed by atoms with van der Waals surface area (Å²) in [5, 5.41) is 2.99. The lowest BCUT2D eigenvalue weighted by molar-refractivity contribution is 0.0790. The van der Waals surface area contributed by atoms with Gasteiger partial charge in [0.2, 0.25) is 0 Å². The molecular formula is C19H17ClFN5O. The van der Waals surface area contributed by atoms with Crippen molar-refractivity contribution < 1.29 is 9.18 Å². The lowest BCUT2D eigenvalue weighted by Crippen LogP contribution is -2.29. The normalized spacial score (nSPS) is 10.5. The van der Waals surface area contributed by atoms with E-state index in [1.807, 2.05) is 12.1 Å². The molecule has 1 N–H and O–H groups in total. The first-order chi connectivity index (χ1) is 13.0. The molecule has 2 heterocycles. The van der Waals surface area contributed by atoms with E-state index < -0.39 is 5.82 Å². The van der Waals surface area contributed by atoms with Crippen molar-refractivity contribution in [3.8, 4) is 0 Å². The summed E-state index contributed by atoms with van der Waals surface area (Å²) in [6.45, 7) is 0.545. The van der Waals surface area contributed by atoms with Crippen LogP contribution in [0.2, 0.25) is 5.02 Å². The third-order valence-electron chi connectivity index (χ3n) is 3.91. The molecule has 0 aliphatic heterocycles. The molecule has 1 aromatic carbocycles. The Kier molecular flexibility index (Phi) is 5.93. The van der Waals surface area contributed by atoms with Crippen molar-refractivity contribution in [2.24, 2.45) is 0 Å². The van der Waals surface area contributed by atoms with Gasteiger partial charge in [-0.1, -0.05) is 11.6 Å². The number of carbonyl (C=O) groups is 1. The third kappa shape index (κ3) is 4.98. The second kappa shape index (κ2) is 8.55. The number of nitrogens with zero attached hydrogens (tertiary/aromatic N) is 4. The van der Waals surface area contributed by atoms with E-state index >= 15 is 0 Å². The number of amides is 1. The summed E-state index contributed by atoms with van der Waals surface area (Å²) in [5.74, 6) is -0.304. The molecule has 0 spiro atoms. The lowest BCUT2D eigenvalue weighted by atomic mass is 10.2. The smallest absolute Gasteiger partial charge is 0.272 e. The molecule has 1 amide bonds. The fraction of sp³-hybridized carbons (Fsp3) is 0.158. The highest BCUT2D eigenvalue weighted by Gasteiger charge is 2.14. The summed E-state index contributed by atoms with van der Waals surface area (Å²) in [5.41, 5.74) is 1.92. The van der Waals surface area contributed by atoms with Crippen molar-refractivity contribution in [3.63, 3.8) is 0 Å². The molecular weight excluding hydrogens is 369 g/mol. The Bertz CT molecular complexity index is 938. The number of rotatable bonds is 6. The van der Waals surface area contributed by atoms with Crippen LogP contribution in [0.15, 0.2) is 55.1 Å². The molecule has 0 fully saturated rings. The van der Waals surface area contributed by atoms with Crippen LogP contribution in [-0.4, -0.2) is 39.4 Å². The largest absolute Gasteiger partial charge is 0.340 e. The minimum Gasteiger partial charge on any atom is -0.340 e. The Hall–Kier alpha value is -3.06. The van der Waals surface area contributed by atoms with Gasteiger partial charge in [-0.2, -0.15) is 0 Å². The molecule has 27 heavy (non-hydrogen) atoms. The number of halogens is 2. The number of hydrogen-bond acceptors (Lipinski definition) is 5. The number of anilines is 2. The maximum atomic E-state index is 13.3. The van der Waals surface area contributed by atoms with Gasteiger partial charge in [-0.05, 0) is 42.3 Å². The van der Waals surface area contributed by atoms with E-state index in [1.165, 1.54) is 24.5 Å². The zero-order valence-corrected chi connectivity index (χ0v) is 15.3. The van der Waals surface area contributed by atoms with E-state index in [2.05, 4.69) is 20.3 Å². The molecule has 8 heteroatoms. The first kappa shape index (κ1) is 18.7. The quantitative estimate of drug-likeness (QED) is 0.700. The van der Waals surface area contributed by atoms with Crippen molar-refractivity contribution in [2.45, 2.75) is 6.42 Å². The summed E-state index contributed by atoms with van der Waals surface area (Å²) < 4.78 is 13.3. The lowest BCUT2D eigenvalue weighted by Gasteiger charge is -2.17. The molecule has 2 aromatic heterocycles. The summed E-state index contributed by atoms with van der Waals surface area (Å²) in [6.07, 6.45) is 5.47. The van der Waals surface area contributed by atoms with E-state index in [4.69, 9.17) is 11.6 Å². The molecule has 3 rings (SSSR count). The molecule has 0 aliphatic carbocycles. The average molecular weight is 386 g/mol. The molecule has 0 aliphatic rings. The van der Waals surface area contributed by atoms with Crippen LogP contribution in [0.1, 0.15) is 16.1 Å². The summed E-state index contributed by atoms with van der Waals surface area (Å²) in [6, 6.07) is 9.61. The molecule has 0 radical (unpaired) electrons. The standard InChI is InChI=1S/C19H17ClFN5O/c1-26(9-6-13-4-7-22-8-5-13)19(27)17-11-18(24-12-23-17)25-14-2-3-16(21)15(20)10-14/h2-5,7-8,10-12H,6,9H2,1H3,(H,23,24,25). The summed E-state index contributed by atoms with van der Waals surface area (Å²) in [4.78, 5) is 26.3. The Balaban J connectivity index is 1.66. The predicted molar refractivity (Wildman–Crippen MR) is 102 cm³/mol. The second-order valence-corrected chi connectivity index (χ2v) is 6.28. The first-order valence-electron chi connectivity index (χ1n) is 8.21. The van der Waals surface area contributed by atoms with E-state index in [1.54, 1.807) is 30.4 Å². The van der Waals surface area contributed by atoms with Gasteiger partial charge in [-0.3, -0.25) is 9.78 Å². The van der Waals surface area contributed by atoms with E-state index in [0.29, 0.717) is 18.1 Å². The maximum Gasteiger partial charge on any atom is 0.272 e. The number of pyridine rings is 1. The highest BCUT2D eigenvalue weighted by molar-refractivity contribution is 6.31. The van der Waals surface area contributed by atoms with Gasteiger partial charge in [-0.25, -0.2) is 14.4 Å². The first-order valence-corrected chi connectivity index (χ1v) is 8.59. The number of hydrogen-bond donors (Lipinski definition) is 1. The Labute approximate surface area is 161 Å². The van der Waals surface area contributed by atoms with Crippen molar-refractivity contribution in [3.05, 3.63) is 77.2 Å². The Morgan fingerprint density at radius 1 is 1.19 bits per heavy atom.